The third kappa shape index (κ3) is 3.43. The largest absolute Gasteiger partial charge is 0.495 e. The van der Waals surface area contributed by atoms with E-state index in [1.807, 2.05) is 20.8 Å². The Kier molecular flexibility index (Phi) is 5.76. The van der Waals surface area contributed by atoms with Crippen molar-refractivity contribution in [1.29, 1.82) is 0 Å². The number of fused-ring (bicyclic) bond motifs is 3. The standard InChI is InChI=1S/C26H34O7/c1-13(2)21-17(27)11-26(5)18(25(21,4)9-8-19(28)30-6)10-15-22(33-26)14(3)16-12-32-24(29)20(16)23(15)31-7/h17-18,21,27H,1,8-12H2,2-7H3/t17-,18-,21-,25-,26+/m1/s1. The number of benzene rings is 1. The minimum absolute atomic E-state index is 0.0592. The first-order valence-electron chi connectivity index (χ1n) is 11.5. The molecule has 7 nitrogen and oxygen atoms in total. The topological polar surface area (TPSA) is 91.3 Å². The van der Waals surface area contributed by atoms with Gasteiger partial charge in [0.2, 0.25) is 0 Å². The highest BCUT2D eigenvalue weighted by atomic mass is 16.5. The second-order valence-corrected chi connectivity index (χ2v) is 10.2. The summed E-state index contributed by atoms with van der Waals surface area (Å²) in [6, 6.07) is 0. The molecule has 4 rings (SSSR count). The average molecular weight is 459 g/mol. The summed E-state index contributed by atoms with van der Waals surface area (Å²) in [5.74, 6) is 0.272. The number of rotatable bonds is 5. The van der Waals surface area contributed by atoms with Crippen LogP contribution in [-0.4, -0.2) is 43.0 Å². The molecule has 1 aromatic rings. The molecule has 180 valence electrons. The van der Waals surface area contributed by atoms with Gasteiger partial charge in [0.15, 0.2) is 0 Å². The fraction of sp³-hybridized carbons (Fsp3) is 0.615. The molecule has 1 fully saturated rings. The van der Waals surface area contributed by atoms with Crippen LogP contribution >= 0.6 is 0 Å². The third-order valence-electron chi connectivity index (χ3n) is 8.24. The fourth-order valence-electron chi connectivity index (χ4n) is 6.82. The van der Waals surface area contributed by atoms with Crippen LogP contribution in [0.5, 0.6) is 11.5 Å². The van der Waals surface area contributed by atoms with E-state index in [-0.39, 0.29) is 36.8 Å². The van der Waals surface area contributed by atoms with Gasteiger partial charge in [0.25, 0.3) is 0 Å². The fourth-order valence-corrected chi connectivity index (χ4v) is 6.82. The van der Waals surface area contributed by atoms with Gasteiger partial charge in [0.1, 0.15) is 29.3 Å². The predicted octanol–water partition coefficient (Wildman–Crippen LogP) is 3.90. The molecule has 0 aromatic heterocycles. The van der Waals surface area contributed by atoms with Crippen LogP contribution in [-0.2, 0) is 27.3 Å². The highest BCUT2D eigenvalue weighted by Gasteiger charge is 2.60. The summed E-state index contributed by atoms with van der Waals surface area (Å²) in [5.41, 5.74) is 2.70. The lowest BCUT2D eigenvalue weighted by molar-refractivity contribution is -0.163. The van der Waals surface area contributed by atoms with E-state index in [0.717, 1.165) is 22.3 Å². The van der Waals surface area contributed by atoms with Crippen LogP contribution in [0.1, 0.15) is 67.1 Å². The quantitative estimate of drug-likeness (QED) is 0.529. The van der Waals surface area contributed by atoms with Gasteiger partial charge >= 0.3 is 11.9 Å². The number of hydrogen-bond acceptors (Lipinski definition) is 7. The van der Waals surface area contributed by atoms with Gasteiger partial charge in [-0.1, -0.05) is 19.1 Å². The maximum atomic E-state index is 12.5. The zero-order valence-electron chi connectivity index (χ0n) is 20.4. The van der Waals surface area contributed by atoms with Gasteiger partial charge in [-0.05, 0) is 44.6 Å². The van der Waals surface area contributed by atoms with Crippen molar-refractivity contribution < 1.29 is 33.6 Å². The van der Waals surface area contributed by atoms with E-state index in [2.05, 4.69) is 13.5 Å². The van der Waals surface area contributed by atoms with E-state index in [4.69, 9.17) is 18.9 Å². The van der Waals surface area contributed by atoms with Crippen LogP contribution in [0, 0.1) is 24.2 Å². The van der Waals surface area contributed by atoms with Crippen molar-refractivity contribution in [3.8, 4) is 11.5 Å². The number of esters is 2. The van der Waals surface area contributed by atoms with Gasteiger partial charge in [-0.3, -0.25) is 4.79 Å². The molecular weight excluding hydrogens is 424 g/mol. The molecule has 1 aromatic carbocycles. The summed E-state index contributed by atoms with van der Waals surface area (Å²) < 4.78 is 22.7. The Labute approximate surface area is 195 Å². The molecule has 0 radical (unpaired) electrons. The van der Waals surface area contributed by atoms with E-state index < -0.39 is 17.1 Å². The second kappa shape index (κ2) is 8.05. The molecule has 3 aliphatic rings. The van der Waals surface area contributed by atoms with Crippen molar-refractivity contribution in [3.63, 3.8) is 0 Å². The molecule has 7 heteroatoms. The molecule has 2 heterocycles. The van der Waals surface area contributed by atoms with Gasteiger partial charge in [-0.15, -0.1) is 0 Å². The minimum Gasteiger partial charge on any atom is -0.495 e. The van der Waals surface area contributed by atoms with Crippen molar-refractivity contribution in [2.24, 2.45) is 17.3 Å². The average Bonchev–Trinajstić information content (AvgIpc) is 3.13. The minimum atomic E-state index is -0.670. The van der Waals surface area contributed by atoms with Gasteiger partial charge in [0, 0.05) is 35.8 Å². The molecule has 0 amide bonds. The zero-order valence-corrected chi connectivity index (χ0v) is 20.4. The monoisotopic (exact) mass is 458 g/mol. The van der Waals surface area contributed by atoms with Crippen LogP contribution in [0.3, 0.4) is 0 Å². The second-order valence-electron chi connectivity index (χ2n) is 10.2. The van der Waals surface area contributed by atoms with Crippen LogP contribution in [0.15, 0.2) is 12.2 Å². The maximum Gasteiger partial charge on any atom is 0.342 e. The normalized spacial score (nSPS) is 32.1. The lowest BCUT2D eigenvalue weighted by Gasteiger charge is -2.59. The van der Waals surface area contributed by atoms with Gasteiger partial charge in [-0.2, -0.15) is 0 Å². The van der Waals surface area contributed by atoms with E-state index in [1.165, 1.54) is 7.11 Å². The van der Waals surface area contributed by atoms with E-state index >= 15 is 0 Å². The number of cyclic esters (lactones) is 1. The molecule has 0 saturated heterocycles. The molecule has 1 N–H and O–H groups in total. The van der Waals surface area contributed by atoms with Crippen molar-refractivity contribution in [3.05, 3.63) is 34.4 Å². The molecule has 2 aliphatic heterocycles. The summed E-state index contributed by atoms with van der Waals surface area (Å²) in [7, 11) is 2.94. The summed E-state index contributed by atoms with van der Waals surface area (Å²) >= 11 is 0. The Hall–Kier alpha value is -2.54. The molecule has 5 atom stereocenters. The lowest BCUT2D eigenvalue weighted by Crippen LogP contribution is -2.62. The molecular formula is C26H34O7. The third-order valence-corrected chi connectivity index (χ3v) is 8.24. The molecule has 0 bridgehead atoms. The van der Waals surface area contributed by atoms with Crippen LogP contribution in [0.2, 0.25) is 0 Å². The number of ether oxygens (including phenoxy) is 4. The van der Waals surface area contributed by atoms with Crippen LogP contribution in [0.25, 0.3) is 0 Å². The molecule has 33 heavy (non-hydrogen) atoms. The first-order valence-corrected chi connectivity index (χ1v) is 11.5. The number of carbonyl (C=O) groups is 2. The summed E-state index contributed by atoms with van der Waals surface area (Å²) in [6.45, 7) is 12.4. The molecule has 1 aliphatic carbocycles. The Morgan fingerprint density at radius 3 is 2.58 bits per heavy atom. The van der Waals surface area contributed by atoms with Gasteiger partial charge in [-0.25, -0.2) is 4.79 Å². The molecule has 1 saturated carbocycles. The Bertz CT molecular complexity index is 1030. The molecule has 0 spiro atoms. The Morgan fingerprint density at radius 1 is 1.27 bits per heavy atom. The maximum absolute atomic E-state index is 12.5. The first kappa shape index (κ1) is 23.6. The van der Waals surface area contributed by atoms with E-state index in [1.54, 1.807) is 7.11 Å². The van der Waals surface area contributed by atoms with Crippen molar-refractivity contribution in [2.75, 3.05) is 14.2 Å². The van der Waals surface area contributed by atoms with Gasteiger partial charge < -0.3 is 24.1 Å². The number of aliphatic hydroxyl groups is 1. The van der Waals surface area contributed by atoms with Crippen LogP contribution in [0.4, 0.5) is 0 Å². The number of aliphatic hydroxyl groups excluding tert-OH is 1. The highest BCUT2D eigenvalue weighted by molar-refractivity contribution is 5.98. The first-order chi connectivity index (χ1) is 15.5. The summed E-state index contributed by atoms with van der Waals surface area (Å²) in [4.78, 5) is 24.6. The van der Waals surface area contributed by atoms with Crippen LogP contribution < -0.4 is 9.47 Å². The van der Waals surface area contributed by atoms with E-state index in [9.17, 15) is 14.7 Å². The van der Waals surface area contributed by atoms with Crippen molar-refractivity contribution >= 4 is 11.9 Å². The van der Waals surface area contributed by atoms with Crippen molar-refractivity contribution in [2.45, 2.75) is 71.7 Å². The molecule has 0 unspecified atom stereocenters. The summed E-state index contributed by atoms with van der Waals surface area (Å²) in [6.07, 6.45) is 1.12. The Morgan fingerprint density at radius 2 is 1.97 bits per heavy atom. The Balaban J connectivity index is 1.88. The van der Waals surface area contributed by atoms with Crippen molar-refractivity contribution in [1.82, 2.24) is 0 Å². The summed E-state index contributed by atoms with van der Waals surface area (Å²) in [5, 5.41) is 11.3. The number of carbonyl (C=O) groups excluding carboxylic acids is 2. The SMILES string of the molecule is C=C(C)[C@@H]1[C@H](O)C[C@]2(C)Oc3c(C)c4c(c(OC)c3C[C@@H]2[C@@]1(C)CCC(=O)OC)C(=O)OC4. The van der Waals surface area contributed by atoms with E-state index in [0.29, 0.717) is 36.3 Å². The lowest BCUT2D eigenvalue weighted by atomic mass is 9.50. The highest BCUT2D eigenvalue weighted by Crippen LogP contribution is 2.61. The zero-order chi connectivity index (χ0) is 24.3. The predicted molar refractivity (Wildman–Crippen MR) is 121 cm³/mol. The number of methoxy groups -OCH3 is 2. The van der Waals surface area contributed by atoms with Gasteiger partial charge in [0.05, 0.1) is 20.3 Å². The number of hydrogen-bond donors (Lipinski definition) is 1. The smallest absolute Gasteiger partial charge is 0.342 e.